The molecule has 0 aliphatic heterocycles. The van der Waals surface area contributed by atoms with Crippen LogP contribution in [0.25, 0.3) is 0 Å². The molecule has 0 amide bonds. The van der Waals surface area contributed by atoms with Crippen molar-refractivity contribution in [2.75, 3.05) is 0 Å². The lowest BCUT2D eigenvalue weighted by molar-refractivity contribution is 0.0243. The topological polar surface area (TPSA) is 44.1 Å². The van der Waals surface area contributed by atoms with E-state index < -0.39 is 0 Å². The summed E-state index contributed by atoms with van der Waals surface area (Å²) in [5.41, 5.74) is 1.84. The van der Waals surface area contributed by atoms with Crippen LogP contribution in [0.4, 0.5) is 0 Å². The largest absolute Gasteiger partial charge is 0.473 e. The van der Waals surface area contributed by atoms with Gasteiger partial charge in [-0.05, 0) is 37.5 Å². The highest BCUT2D eigenvalue weighted by Crippen LogP contribution is 2.66. The number of fused-ring (bicyclic) bond motifs is 2. The first-order valence-electron chi connectivity index (χ1n) is 7.46. The molecule has 3 unspecified atom stereocenters. The Morgan fingerprint density at radius 2 is 2.10 bits per heavy atom. The van der Waals surface area contributed by atoms with E-state index >= 15 is 0 Å². The van der Waals surface area contributed by atoms with Crippen LogP contribution < -0.4 is 4.74 Å². The van der Waals surface area contributed by atoms with E-state index in [0.717, 1.165) is 24.3 Å². The fourth-order valence-corrected chi connectivity index (χ4v) is 4.37. The van der Waals surface area contributed by atoms with Crippen LogP contribution >= 0.6 is 0 Å². The number of ether oxygens (including phenoxy) is 1. The fraction of sp³-hybridized carbons (Fsp3) is 0.750. The average Bonchev–Trinajstić information content (AvgIpc) is 2.84. The monoisotopic (exact) mass is 276 g/mol. The molecule has 2 bridgehead atoms. The van der Waals surface area contributed by atoms with Gasteiger partial charge in [-0.2, -0.15) is 5.10 Å². The van der Waals surface area contributed by atoms with Gasteiger partial charge in [0, 0.05) is 12.5 Å². The van der Waals surface area contributed by atoms with Crippen molar-refractivity contribution in [3.8, 4) is 5.88 Å². The standard InChI is InChI=1S/C16H24N2O2/c1-10-12(9-19)14(18(5)17-10)20-13-8-11-6-7-16(13,4)15(11,2)3/h9,11,13H,6-8H2,1-5H3. The Kier molecular flexibility index (Phi) is 2.79. The van der Waals surface area contributed by atoms with Crippen molar-refractivity contribution in [1.82, 2.24) is 9.78 Å². The van der Waals surface area contributed by atoms with Gasteiger partial charge in [0.2, 0.25) is 5.88 Å². The van der Waals surface area contributed by atoms with Gasteiger partial charge >= 0.3 is 0 Å². The van der Waals surface area contributed by atoms with Gasteiger partial charge in [0.1, 0.15) is 6.10 Å². The van der Waals surface area contributed by atoms with Gasteiger partial charge in [-0.15, -0.1) is 0 Å². The van der Waals surface area contributed by atoms with Gasteiger partial charge in [-0.1, -0.05) is 20.8 Å². The predicted octanol–water partition coefficient (Wildman–Crippen LogP) is 3.13. The number of carbonyl (C=O) groups excluding carboxylic acids is 1. The van der Waals surface area contributed by atoms with E-state index in [1.54, 1.807) is 4.68 Å². The number of aryl methyl sites for hydroxylation is 2. The van der Waals surface area contributed by atoms with Gasteiger partial charge in [-0.25, -0.2) is 4.68 Å². The smallest absolute Gasteiger partial charge is 0.222 e. The summed E-state index contributed by atoms with van der Waals surface area (Å²) in [4.78, 5) is 11.3. The summed E-state index contributed by atoms with van der Waals surface area (Å²) in [6.45, 7) is 8.92. The zero-order chi connectivity index (χ0) is 14.7. The summed E-state index contributed by atoms with van der Waals surface area (Å²) in [6, 6.07) is 0. The van der Waals surface area contributed by atoms with E-state index in [0.29, 0.717) is 16.9 Å². The van der Waals surface area contributed by atoms with Crippen molar-refractivity contribution in [1.29, 1.82) is 0 Å². The SMILES string of the molecule is Cc1nn(C)c(OC2CC3CCC2(C)C3(C)C)c1C=O. The molecule has 2 fully saturated rings. The summed E-state index contributed by atoms with van der Waals surface area (Å²) in [7, 11) is 1.84. The van der Waals surface area contributed by atoms with Crippen LogP contribution in [-0.4, -0.2) is 22.2 Å². The highest BCUT2D eigenvalue weighted by atomic mass is 16.5. The second-order valence-corrected chi connectivity index (χ2v) is 7.26. The van der Waals surface area contributed by atoms with Crippen LogP contribution in [0.3, 0.4) is 0 Å². The van der Waals surface area contributed by atoms with E-state index in [1.165, 1.54) is 12.8 Å². The fourth-order valence-electron chi connectivity index (χ4n) is 4.37. The van der Waals surface area contributed by atoms with Crippen molar-refractivity contribution >= 4 is 6.29 Å². The molecule has 3 rings (SSSR count). The minimum Gasteiger partial charge on any atom is -0.473 e. The first-order valence-corrected chi connectivity index (χ1v) is 7.46. The van der Waals surface area contributed by atoms with Crippen LogP contribution in [0.5, 0.6) is 5.88 Å². The zero-order valence-electron chi connectivity index (χ0n) is 13.1. The average molecular weight is 276 g/mol. The Balaban J connectivity index is 1.93. The molecule has 0 aromatic carbocycles. The Hall–Kier alpha value is -1.32. The maximum atomic E-state index is 11.3. The van der Waals surface area contributed by atoms with E-state index in [4.69, 9.17) is 4.74 Å². The van der Waals surface area contributed by atoms with Gasteiger partial charge in [0.15, 0.2) is 6.29 Å². The number of nitrogens with zero attached hydrogens (tertiary/aromatic N) is 2. The molecule has 110 valence electrons. The molecule has 1 heterocycles. The molecule has 2 saturated carbocycles. The van der Waals surface area contributed by atoms with Gasteiger partial charge in [-0.3, -0.25) is 4.79 Å². The number of rotatable bonds is 3. The summed E-state index contributed by atoms with van der Waals surface area (Å²) < 4.78 is 7.99. The lowest BCUT2D eigenvalue weighted by Gasteiger charge is -2.38. The van der Waals surface area contributed by atoms with Crippen LogP contribution in [0.15, 0.2) is 0 Å². The van der Waals surface area contributed by atoms with Crippen molar-refractivity contribution in [3.63, 3.8) is 0 Å². The molecule has 0 saturated heterocycles. The van der Waals surface area contributed by atoms with Crippen molar-refractivity contribution in [2.24, 2.45) is 23.8 Å². The molecule has 0 radical (unpaired) electrons. The van der Waals surface area contributed by atoms with Crippen molar-refractivity contribution in [2.45, 2.75) is 53.1 Å². The van der Waals surface area contributed by atoms with Gasteiger partial charge in [0.25, 0.3) is 0 Å². The number of hydrogen-bond acceptors (Lipinski definition) is 3. The number of aldehydes is 1. The third-order valence-electron chi connectivity index (χ3n) is 6.30. The summed E-state index contributed by atoms with van der Waals surface area (Å²) >= 11 is 0. The third-order valence-corrected chi connectivity index (χ3v) is 6.30. The van der Waals surface area contributed by atoms with Crippen LogP contribution in [0.2, 0.25) is 0 Å². The van der Waals surface area contributed by atoms with Crippen molar-refractivity contribution < 1.29 is 9.53 Å². The van der Waals surface area contributed by atoms with E-state index in [1.807, 2.05) is 14.0 Å². The summed E-state index contributed by atoms with van der Waals surface area (Å²) in [5, 5.41) is 4.31. The molecule has 20 heavy (non-hydrogen) atoms. The Morgan fingerprint density at radius 3 is 2.60 bits per heavy atom. The zero-order valence-corrected chi connectivity index (χ0v) is 13.1. The van der Waals surface area contributed by atoms with E-state index in [-0.39, 0.29) is 11.5 Å². The Bertz CT molecular complexity index is 561. The molecule has 3 atom stereocenters. The molecule has 2 aliphatic carbocycles. The lowest BCUT2D eigenvalue weighted by Crippen LogP contribution is -2.39. The first kappa shape index (κ1) is 13.7. The minimum absolute atomic E-state index is 0.185. The predicted molar refractivity (Wildman–Crippen MR) is 77.0 cm³/mol. The van der Waals surface area contributed by atoms with Crippen LogP contribution in [0.1, 0.15) is 56.1 Å². The van der Waals surface area contributed by atoms with Gasteiger partial charge < -0.3 is 4.74 Å². The first-order chi connectivity index (χ1) is 9.31. The highest BCUT2D eigenvalue weighted by molar-refractivity contribution is 5.80. The lowest BCUT2D eigenvalue weighted by atomic mass is 9.70. The number of hydrogen-bond donors (Lipinski definition) is 0. The third kappa shape index (κ3) is 1.54. The quantitative estimate of drug-likeness (QED) is 0.797. The number of aromatic nitrogens is 2. The molecule has 2 aliphatic rings. The Labute approximate surface area is 120 Å². The van der Waals surface area contributed by atoms with Crippen LogP contribution in [-0.2, 0) is 7.05 Å². The summed E-state index contributed by atoms with van der Waals surface area (Å²) in [5.74, 6) is 1.36. The maximum Gasteiger partial charge on any atom is 0.222 e. The molecule has 0 N–H and O–H groups in total. The minimum atomic E-state index is 0.185. The van der Waals surface area contributed by atoms with Gasteiger partial charge in [0.05, 0.1) is 11.3 Å². The molecule has 1 aromatic heterocycles. The molecule has 1 aromatic rings. The second-order valence-electron chi connectivity index (χ2n) is 7.26. The maximum absolute atomic E-state index is 11.3. The summed E-state index contributed by atoms with van der Waals surface area (Å²) in [6.07, 6.45) is 4.64. The Morgan fingerprint density at radius 1 is 1.40 bits per heavy atom. The normalized spacial score (nSPS) is 34.5. The molecule has 4 nitrogen and oxygen atoms in total. The van der Waals surface area contributed by atoms with Crippen LogP contribution in [0, 0.1) is 23.7 Å². The molecule has 0 spiro atoms. The highest BCUT2D eigenvalue weighted by Gasteiger charge is 2.62. The van der Waals surface area contributed by atoms with Crippen molar-refractivity contribution in [3.05, 3.63) is 11.3 Å². The molecular formula is C16H24N2O2. The molecule has 4 heteroatoms. The molecular weight excluding hydrogens is 252 g/mol. The second kappa shape index (κ2) is 4.09. The number of carbonyl (C=O) groups is 1. The van der Waals surface area contributed by atoms with E-state index in [9.17, 15) is 4.79 Å². The van der Waals surface area contributed by atoms with E-state index in [2.05, 4.69) is 25.9 Å².